The first-order chi connectivity index (χ1) is 11.4. The zero-order chi connectivity index (χ0) is 17.7. The third-order valence-electron chi connectivity index (χ3n) is 3.38. The first kappa shape index (κ1) is 18.0. The molecule has 0 spiro atoms. The molecule has 126 valence electrons. The number of aryl methyl sites for hydroxylation is 1. The largest absolute Gasteiger partial charge is 0.493 e. The van der Waals surface area contributed by atoms with E-state index in [1.165, 1.54) is 14.0 Å². The van der Waals surface area contributed by atoms with Gasteiger partial charge in [-0.25, -0.2) is 0 Å². The van der Waals surface area contributed by atoms with Crippen LogP contribution in [-0.4, -0.2) is 25.4 Å². The van der Waals surface area contributed by atoms with E-state index in [0.717, 1.165) is 10.0 Å². The van der Waals surface area contributed by atoms with Gasteiger partial charge in [0, 0.05) is 15.7 Å². The first-order valence-corrected chi connectivity index (χ1v) is 8.08. The highest BCUT2D eigenvalue weighted by Gasteiger charge is 2.11. The molecule has 2 aromatic carbocycles. The van der Waals surface area contributed by atoms with Crippen LogP contribution in [0.3, 0.4) is 0 Å². The van der Waals surface area contributed by atoms with E-state index < -0.39 is 0 Å². The lowest BCUT2D eigenvalue weighted by atomic mass is 10.1. The zero-order valence-corrected chi connectivity index (χ0v) is 15.3. The van der Waals surface area contributed by atoms with E-state index >= 15 is 0 Å². The summed E-state index contributed by atoms with van der Waals surface area (Å²) in [4.78, 5) is 23.4. The predicted octanol–water partition coefficient (Wildman–Crippen LogP) is 3.99. The molecule has 2 rings (SSSR count). The van der Waals surface area contributed by atoms with Crippen LogP contribution in [0.25, 0.3) is 0 Å². The molecule has 0 unspecified atom stereocenters. The molecule has 6 heteroatoms. The van der Waals surface area contributed by atoms with Crippen molar-refractivity contribution in [1.82, 2.24) is 0 Å². The standard InChI is InChI=1S/C18H18BrNO4/c1-11-4-6-14(9-15(11)19)20-18(22)10-24-16-7-5-13(12(2)21)8-17(16)23-3/h4-9H,10H2,1-3H3,(H,20,22). The third kappa shape index (κ3) is 4.58. The number of ether oxygens (including phenoxy) is 2. The Morgan fingerprint density at radius 2 is 1.88 bits per heavy atom. The number of benzene rings is 2. The number of amides is 1. The number of carbonyl (C=O) groups excluding carboxylic acids is 2. The maximum Gasteiger partial charge on any atom is 0.262 e. The molecule has 0 aliphatic heterocycles. The Balaban J connectivity index is 2.00. The van der Waals surface area contributed by atoms with Crippen molar-refractivity contribution in [3.05, 3.63) is 52.0 Å². The van der Waals surface area contributed by atoms with Gasteiger partial charge in [-0.05, 0) is 49.7 Å². The number of anilines is 1. The fourth-order valence-corrected chi connectivity index (χ4v) is 2.40. The molecule has 0 saturated carbocycles. The number of nitrogens with one attached hydrogen (secondary N) is 1. The molecule has 1 N–H and O–H groups in total. The number of carbonyl (C=O) groups is 2. The molecule has 0 aliphatic carbocycles. The molecule has 0 aliphatic rings. The van der Waals surface area contributed by atoms with Crippen molar-refractivity contribution in [3.63, 3.8) is 0 Å². The van der Waals surface area contributed by atoms with Gasteiger partial charge in [0.25, 0.3) is 5.91 Å². The normalized spacial score (nSPS) is 10.2. The van der Waals surface area contributed by atoms with E-state index in [2.05, 4.69) is 21.2 Å². The van der Waals surface area contributed by atoms with Crippen LogP contribution in [0.2, 0.25) is 0 Å². The lowest BCUT2D eigenvalue weighted by Gasteiger charge is -2.12. The zero-order valence-electron chi connectivity index (χ0n) is 13.7. The second kappa shape index (κ2) is 7.97. The number of hydrogen-bond acceptors (Lipinski definition) is 4. The molecule has 0 bridgehead atoms. The molecule has 0 fully saturated rings. The highest BCUT2D eigenvalue weighted by molar-refractivity contribution is 9.10. The van der Waals surface area contributed by atoms with Crippen molar-refractivity contribution < 1.29 is 19.1 Å². The van der Waals surface area contributed by atoms with Gasteiger partial charge < -0.3 is 14.8 Å². The van der Waals surface area contributed by atoms with E-state index in [1.807, 2.05) is 25.1 Å². The minimum Gasteiger partial charge on any atom is -0.493 e. The molecule has 0 saturated heterocycles. The summed E-state index contributed by atoms with van der Waals surface area (Å²) in [7, 11) is 1.48. The van der Waals surface area contributed by atoms with Crippen molar-refractivity contribution in [2.45, 2.75) is 13.8 Å². The maximum atomic E-state index is 12.0. The van der Waals surface area contributed by atoms with Crippen LogP contribution in [0.4, 0.5) is 5.69 Å². The van der Waals surface area contributed by atoms with Gasteiger partial charge in [0.15, 0.2) is 23.9 Å². The first-order valence-electron chi connectivity index (χ1n) is 7.28. The van der Waals surface area contributed by atoms with Crippen molar-refractivity contribution >= 4 is 33.3 Å². The third-order valence-corrected chi connectivity index (χ3v) is 4.24. The molecule has 1 amide bonds. The van der Waals surface area contributed by atoms with Crippen LogP contribution >= 0.6 is 15.9 Å². The van der Waals surface area contributed by atoms with Crippen molar-refractivity contribution in [3.8, 4) is 11.5 Å². The summed E-state index contributed by atoms with van der Waals surface area (Å²) in [6.07, 6.45) is 0. The number of hydrogen-bond donors (Lipinski definition) is 1. The van der Waals surface area contributed by atoms with Gasteiger partial charge in [0.05, 0.1) is 7.11 Å². The van der Waals surface area contributed by atoms with Gasteiger partial charge >= 0.3 is 0 Å². The molecular formula is C18H18BrNO4. The summed E-state index contributed by atoms with van der Waals surface area (Å²) < 4.78 is 11.6. The van der Waals surface area contributed by atoms with Crippen LogP contribution in [0, 0.1) is 6.92 Å². The highest BCUT2D eigenvalue weighted by atomic mass is 79.9. The SMILES string of the molecule is COc1cc(C(C)=O)ccc1OCC(=O)Nc1ccc(C)c(Br)c1. The Labute approximate surface area is 149 Å². The summed E-state index contributed by atoms with van der Waals surface area (Å²) in [5.41, 5.74) is 2.28. The van der Waals surface area contributed by atoms with Gasteiger partial charge in [-0.3, -0.25) is 9.59 Å². The Morgan fingerprint density at radius 1 is 1.12 bits per heavy atom. The smallest absolute Gasteiger partial charge is 0.262 e. The van der Waals surface area contributed by atoms with Crippen molar-refractivity contribution in [1.29, 1.82) is 0 Å². The van der Waals surface area contributed by atoms with Gasteiger partial charge in [0.2, 0.25) is 0 Å². The van der Waals surface area contributed by atoms with Gasteiger partial charge in [-0.2, -0.15) is 0 Å². The topological polar surface area (TPSA) is 64.6 Å². The number of methoxy groups -OCH3 is 1. The molecule has 2 aromatic rings. The summed E-state index contributed by atoms with van der Waals surface area (Å²) in [5, 5.41) is 2.76. The lowest BCUT2D eigenvalue weighted by Crippen LogP contribution is -2.20. The van der Waals surface area contributed by atoms with Gasteiger partial charge in [0.1, 0.15) is 0 Å². The number of Topliss-reactive ketones (excluding diaryl/α,β-unsaturated/α-hetero) is 1. The summed E-state index contributed by atoms with van der Waals surface area (Å²) in [6.45, 7) is 3.28. The van der Waals surface area contributed by atoms with Crippen LogP contribution in [0.1, 0.15) is 22.8 Å². The monoisotopic (exact) mass is 391 g/mol. The van der Waals surface area contributed by atoms with Crippen LogP contribution in [-0.2, 0) is 4.79 Å². The maximum absolute atomic E-state index is 12.0. The van der Waals surface area contributed by atoms with E-state index in [1.54, 1.807) is 18.2 Å². The molecule has 0 aromatic heterocycles. The Kier molecular flexibility index (Phi) is 5.98. The van der Waals surface area contributed by atoms with E-state index in [0.29, 0.717) is 22.7 Å². The average Bonchev–Trinajstić information content (AvgIpc) is 2.56. The molecule has 0 radical (unpaired) electrons. The molecule has 0 heterocycles. The Bertz CT molecular complexity index is 774. The Hall–Kier alpha value is -2.34. The Morgan fingerprint density at radius 3 is 2.50 bits per heavy atom. The second-order valence-electron chi connectivity index (χ2n) is 5.22. The van der Waals surface area contributed by atoms with E-state index in [4.69, 9.17) is 9.47 Å². The molecular weight excluding hydrogens is 374 g/mol. The minimum absolute atomic E-state index is 0.0671. The van der Waals surface area contributed by atoms with E-state index in [9.17, 15) is 9.59 Å². The van der Waals surface area contributed by atoms with Crippen molar-refractivity contribution in [2.24, 2.45) is 0 Å². The highest BCUT2D eigenvalue weighted by Crippen LogP contribution is 2.28. The fourth-order valence-electron chi connectivity index (χ4n) is 2.02. The summed E-state index contributed by atoms with van der Waals surface area (Å²) in [5.74, 6) is 0.460. The van der Waals surface area contributed by atoms with Crippen molar-refractivity contribution in [2.75, 3.05) is 19.0 Å². The van der Waals surface area contributed by atoms with Crippen LogP contribution < -0.4 is 14.8 Å². The second-order valence-corrected chi connectivity index (χ2v) is 6.08. The summed E-state index contributed by atoms with van der Waals surface area (Å²) >= 11 is 3.42. The number of ketones is 1. The van der Waals surface area contributed by atoms with Gasteiger partial charge in [-0.1, -0.05) is 22.0 Å². The molecule has 5 nitrogen and oxygen atoms in total. The summed E-state index contributed by atoms with van der Waals surface area (Å²) in [6, 6.07) is 10.4. The quantitative estimate of drug-likeness (QED) is 0.756. The van der Waals surface area contributed by atoms with E-state index in [-0.39, 0.29) is 18.3 Å². The molecule has 0 atom stereocenters. The molecule has 24 heavy (non-hydrogen) atoms. The fraction of sp³-hybridized carbons (Fsp3) is 0.222. The minimum atomic E-state index is -0.288. The van der Waals surface area contributed by atoms with Crippen LogP contribution in [0.5, 0.6) is 11.5 Å². The van der Waals surface area contributed by atoms with Crippen LogP contribution in [0.15, 0.2) is 40.9 Å². The lowest BCUT2D eigenvalue weighted by molar-refractivity contribution is -0.118. The average molecular weight is 392 g/mol. The van der Waals surface area contributed by atoms with Gasteiger partial charge in [-0.15, -0.1) is 0 Å². The number of halogens is 1. The predicted molar refractivity (Wildman–Crippen MR) is 96.0 cm³/mol. The number of rotatable bonds is 6.